The number of halogens is 1. The van der Waals surface area contributed by atoms with Crippen LogP contribution in [-0.4, -0.2) is 74.7 Å². The lowest BCUT2D eigenvalue weighted by molar-refractivity contribution is -0.128. The van der Waals surface area contributed by atoms with Crippen molar-refractivity contribution in [1.29, 1.82) is 0 Å². The van der Waals surface area contributed by atoms with E-state index in [-0.39, 0.29) is 53.9 Å². The zero-order valence-corrected chi connectivity index (χ0v) is 24.8. The minimum absolute atomic E-state index is 0.0606. The monoisotopic (exact) mass is 615 g/mol. The predicted molar refractivity (Wildman–Crippen MR) is 157 cm³/mol. The van der Waals surface area contributed by atoms with Gasteiger partial charge in [0.15, 0.2) is 0 Å². The quantitative estimate of drug-likeness (QED) is 0.480. The van der Waals surface area contributed by atoms with Gasteiger partial charge in [-0.2, -0.15) is 0 Å². The maximum absolute atomic E-state index is 13.3. The van der Waals surface area contributed by atoms with Crippen LogP contribution in [0.3, 0.4) is 0 Å². The number of anilines is 1. The van der Waals surface area contributed by atoms with Gasteiger partial charge < -0.3 is 19.6 Å². The Hall–Kier alpha value is -3.31. The molecule has 2 aromatic carbocycles. The van der Waals surface area contributed by atoms with Crippen LogP contribution in [-0.2, 0) is 26.7 Å². The first kappa shape index (κ1) is 28.8. The fourth-order valence-corrected chi connectivity index (χ4v) is 8.12. The summed E-state index contributed by atoms with van der Waals surface area (Å²) in [6, 6.07) is 10.3. The van der Waals surface area contributed by atoms with Crippen LogP contribution in [0.5, 0.6) is 5.75 Å². The number of carboxylic acid groups (broad SMARTS) is 1. The van der Waals surface area contributed by atoms with E-state index in [1.54, 1.807) is 18.2 Å². The second-order valence-corrected chi connectivity index (χ2v) is 14.2. The van der Waals surface area contributed by atoms with Crippen molar-refractivity contribution in [1.82, 2.24) is 9.62 Å². The highest BCUT2D eigenvalue weighted by Crippen LogP contribution is 2.46. The van der Waals surface area contributed by atoms with Crippen LogP contribution in [0.15, 0.2) is 36.4 Å². The van der Waals surface area contributed by atoms with Gasteiger partial charge in [0.1, 0.15) is 11.5 Å². The molecule has 2 aliphatic heterocycles. The molecule has 1 saturated heterocycles. The maximum atomic E-state index is 13.3. The number of ketones is 1. The van der Waals surface area contributed by atoms with Crippen molar-refractivity contribution in [3.63, 3.8) is 0 Å². The van der Waals surface area contributed by atoms with Gasteiger partial charge in [-0.1, -0.05) is 17.7 Å². The van der Waals surface area contributed by atoms with Gasteiger partial charge in [0.25, 0.3) is 0 Å². The number of ether oxygens (including phenoxy) is 1. The first-order valence-electron chi connectivity index (χ1n) is 14.4. The fourth-order valence-electron chi connectivity index (χ4n) is 6.97. The van der Waals surface area contributed by atoms with Crippen molar-refractivity contribution in [2.24, 2.45) is 11.8 Å². The van der Waals surface area contributed by atoms with E-state index in [9.17, 15) is 27.9 Å². The van der Waals surface area contributed by atoms with Gasteiger partial charge in [0, 0.05) is 49.0 Å². The van der Waals surface area contributed by atoms with Gasteiger partial charge in [-0.15, -0.1) is 0 Å². The molecule has 2 heterocycles. The second-order valence-electron chi connectivity index (χ2n) is 12.0. The summed E-state index contributed by atoms with van der Waals surface area (Å²) in [7, 11) is -3.59. The Morgan fingerprint density at radius 1 is 1.14 bits per heavy atom. The zero-order chi connectivity index (χ0) is 29.6. The van der Waals surface area contributed by atoms with Gasteiger partial charge >= 0.3 is 12.0 Å². The number of Topliss-reactive ketones (excluding diaryl/α,β-unsaturated/α-hetero) is 1. The number of aromatic carboxylic acids is 1. The molecule has 10 nitrogen and oxygen atoms in total. The summed E-state index contributed by atoms with van der Waals surface area (Å²) >= 11 is 6.34. The molecule has 6 rings (SSSR count). The van der Waals surface area contributed by atoms with E-state index in [0.717, 1.165) is 37.8 Å². The third-order valence-electron chi connectivity index (χ3n) is 9.36. The molecule has 2 fully saturated rings. The molecule has 0 bridgehead atoms. The van der Waals surface area contributed by atoms with Gasteiger partial charge in [0.2, 0.25) is 10.0 Å². The van der Waals surface area contributed by atoms with E-state index < -0.39 is 22.0 Å². The first-order valence-corrected chi connectivity index (χ1v) is 16.4. The maximum Gasteiger partial charge on any atom is 0.335 e. The Morgan fingerprint density at radius 3 is 2.71 bits per heavy atom. The molecule has 1 saturated carbocycles. The van der Waals surface area contributed by atoms with Gasteiger partial charge in [-0.25, -0.2) is 22.7 Å². The smallest absolute Gasteiger partial charge is 0.335 e. The van der Waals surface area contributed by atoms with Crippen molar-refractivity contribution in [3.05, 3.63) is 58.1 Å². The van der Waals surface area contributed by atoms with Crippen LogP contribution in [0.25, 0.3) is 0 Å². The number of nitrogens with one attached hydrogen (secondary N) is 1. The molecule has 12 heteroatoms. The molecule has 3 atom stereocenters. The van der Waals surface area contributed by atoms with Crippen LogP contribution in [0.4, 0.5) is 10.5 Å². The number of carbonyl (C=O) groups excluding carboxylic acids is 2. The standard InChI is InChI=1S/C30H34ClN3O7S/c31-22-5-7-24-19(14-22)2-1-10-30(24)17-34(25-15-20(28(36)37)4-8-27(25)41-18-30)16-21-3-6-23(21)26(35)9-11-33-12-13-42(39,40)32-29(33)38/h4-5,7-8,14-15,21,23H,1-3,6,9-13,16-18H2,(H,32,38)(H,36,37)/t21-,23+,30-/m0/s1. The highest BCUT2D eigenvalue weighted by atomic mass is 35.5. The summed E-state index contributed by atoms with van der Waals surface area (Å²) in [5.41, 5.74) is 3.00. The van der Waals surface area contributed by atoms with Crippen molar-refractivity contribution < 1.29 is 32.6 Å². The first-order chi connectivity index (χ1) is 20.0. The number of rotatable bonds is 7. The number of sulfonamides is 1. The molecule has 2 amide bonds. The number of aryl methyl sites for hydroxylation is 1. The Morgan fingerprint density at radius 2 is 1.98 bits per heavy atom. The molecular formula is C30H34ClN3O7S. The van der Waals surface area contributed by atoms with Crippen LogP contribution >= 0.6 is 11.6 Å². The average Bonchev–Trinajstić information content (AvgIpc) is 3.07. The minimum atomic E-state index is -3.59. The summed E-state index contributed by atoms with van der Waals surface area (Å²) in [4.78, 5) is 40.9. The molecule has 2 N–H and O–H groups in total. The topological polar surface area (TPSA) is 133 Å². The van der Waals surface area contributed by atoms with Crippen molar-refractivity contribution in [3.8, 4) is 5.75 Å². The summed E-state index contributed by atoms with van der Waals surface area (Å²) in [6.45, 7) is 1.90. The number of hydrogen-bond acceptors (Lipinski definition) is 7. The lowest BCUT2D eigenvalue weighted by Gasteiger charge is -2.44. The number of nitrogens with zero attached hydrogens (tertiary/aromatic N) is 2. The van der Waals surface area contributed by atoms with Crippen molar-refractivity contribution >= 4 is 45.1 Å². The average molecular weight is 616 g/mol. The normalized spacial score (nSPS) is 26.3. The zero-order valence-electron chi connectivity index (χ0n) is 23.2. The van der Waals surface area contributed by atoms with E-state index in [0.29, 0.717) is 30.5 Å². The molecular weight excluding hydrogens is 582 g/mol. The van der Waals surface area contributed by atoms with E-state index >= 15 is 0 Å². The summed E-state index contributed by atoms with van der Waals surface area (Å²) < 4.78 is 31.7. The van der Waals surface area contributed by atoms with Crippen LogP contribution in [0.1, 0.15) is 53.6 Å². The van der Waals surface area contributed by atoms with Crippen LogP contribution < -0.4 is 14.4 Å². The number of urea groups is 1. The predicted octanol–water partition coefficient (Wildman–Crippen LogP) is 3.85. The fraction of sp³-hybridized carbons (Fsp3) is 0.500. The highest BCUT2D eigenvalue weighted by molar-refractivity contribution is 7.90. The summed E-state index contributed by atoms with van der Waals surface area (Å²) in [5, 5.41) is 10.4. The van der Waals surface area contributed by atoms with E-state index in [1.165, 1.54) is 16.0 Å². The number of carboxylic acids is 1. The Labute approximate surface area is 250 Å². The van der Waals surface area contributed by atoms with E-state index in [1.807, 2.05) is 16.9 Å². The molecule has 224 valence electrons. The Kier molecular flexibility index (Phi) is 7.59. The number of hydrogen-bond donors (Lipinski definition) is 2. The number of carbonyl (C=O) groups is 3. The van der Waals surface area contributed by atoms with Crippen LogP contribution in [0.2, 0.25) is 5.02 Å². The Bertz CT molecular complexity index is 1550. The number of fused-ring (bicyclic) bond motifs is 3. The van der Waals surface area contributed by atoms with Crippen molar-refractivity contribution in [2.45, 2.75) is 43.9 Å². The molecule has 42 heavy (non-hydrogen) atoms. The largest absolute Gasteiger partial charge is 0.490 e. The SMILES string of the molecule is O=C(O)c1ccc2c(c1)N(C[C@@H]1CC[C@H]1C(=O)CCN1CCS(=O)(=O)NC1=O)C[C@@]1(CCCc3cc(Cl)ccc31)CO2. The minimum Gasteiger partial charge on any atom is -0.490 e. The lowest BCUT2D eigenvalue weighted by atomic mass is 9.68. The molecule has 0 aromatic heterocycles. The number of amides is 2. The van der Waals surface area contributed by atoms with Gasteiger partial charge in [-0.05, 0) is 79.5 Å². The van der Waals surface area contributed by atoms with Gasteiger partial charge in [-0.3, -0.25) is 4.79 Å². The summed E-state index contributed by atoms with van der Waals surface area (Å²) in [5.74, 6) is -0.606. The number of benzene rings is 2. The molecule has 2 aromatic rings. The lowest BCUT2D eigenvalue weighted by Crippen LogP contribution is -2.52. The molecule has 4 aliphatic rings. The van der Waals surface area contributed by atoms with Crippen LogP contribution in [0, 0.1) is 11.8 Å². The Balaban J connectivity index is 1.23. The van der Waals surface area contributed by atoms with E-state index in [4.69, 9.17) is 16.3 Å². The third kappa shape index (κ3) is 5.56. The van der Waals surface area contributed by atoms with Gasteiger partial charge in [0.05, 0.1) is 23.6 Å². The third-order valence-corrected chi connectivity index (χ3v) is 10.8. The molecule has 0 unspecified atom stereocenters. The highest BCUT2D eigenvalue weighted by Gasteiger charge is 2.44. The molecule has 1 spiro atoms. The van der Waals surface area contributed by atoms with E-state index in [2.05, 4.69) is 11.0 Å². The van der Waals surface area contributed by atoms with Crippen molar-refractivity contribution in [2.75, 3.05) is 43.4 Å². The second kappa shape index (κ2) is 11.1. The summed E-state index contributed by atoms with van der Waals surface area (Å²) in [6.07, 6.45) is 4.62. The molecule has 2 aliphatic carbocycles. The molecule has 0 radical (unpaired) electrons.